The zero-order chi connectivity index (χ0) is 16.4. The van der Waals surface area contributed by atoms with Gasteiger partial charge in [0.25, 0.3) is 0 Å². The predicted octanol–water partition coefficient (Wildman–Crippen LogP) is 4.04. The van der Waals surface area contributed by atoms with Crippen molar-refractivity contribution in [3.63, 3.8) is 0 Å². The largest absolute Gasteiger partial charge is 0.493 e. The molecule has 1 aromatic carbocycles. The monoisotopic (exact) mass is 301 g/mol. The number of para-hydroxylation sites is 1. The third kappa shape index (κ3) is 5.08. The fourth-order valence-corrected chi connectivity index (χ4v) is 2.42. The third-order valence-electron chi connectivity index (χ3n) is 3.59. The number of allylic oxidation sites excluding steroid dienone is 1. The Morgan fingerprint density at radius 1 is 1.14 bits per heavy atom. The van der Waals surface area contributed by atoms with Gasteiger partial charge in [0.15, 0.2) is 11.5 Å². The maximum atomic E-state index is 6.38. The van der Waals surface area contributed by atoms with Crippen molar-refractivity contribution < 1.29 is 9.47 Å². The van der Waals surface area contributed by atoms with Crippen LogP contribution in [0.2, 0.25) is 0 Å². The Morgan fingerprint density at radius 2 is 1.82 bits per heavy atom. The van der Waals surface area contributed by atoms with Crippen molar-refractivity contribution in [3.05, 3.63) is 61.7 Å². The Hall–Kier alpha value is -2.00. The van der Waals surface area contributed by atoms with Crippen molar-refractivity contribution in [2.24, 2.45) is 5.73 Å². The molecule has 0 aliphatic carbocycles. The van der Waals surface area contributed by atoms with Gasteiger partial charge in [0.2, 0.25) is 0 Å². The summed E-state index contributed by atoms with van der Waals surface area (Å²) in [6.45, 7) is 11.8. The fraction of sp³-hybridized carbons (Fsp3) is 0.368. The van der Waals surface area contributed by atoms with Gasteiger partial charge in [-0.25, -0.2) is 0 Å². The van der Waals surface area contributed by atoms with E-state index in [0.29, 0.717) is 6.61 Å². The van der Waals surface area contributed by atoms with E-state index >= 15 is 0 Å². The van der Waals surface area contributed by atoms with Crippen LogP contribution in [0.25, 0.3) is 0 Å². The second-order valence-electron chi connectivity index (χ2n) is 5.39. The summed E-state index contributed by atoms with van der Waals surface area (Å²) in [5.41, 5.74) is 7.08. The molecule has 0 saturated heterocycles. The molecule has 0 aliphatic rings. The Morgan fingerprint density at radius 3 is 2.36 bits per heavy atom. The number of rotatable bonds is 11. The highest BCUT2D eigenvalue weighted by Crippen LogP contribution is 2.32. The molecule has 0 radical (unpaired) electrons. The van der Waals surface area contributed by atoms with Gasteiger partial charge in [-0.3, -0.25) is 0 Å². The topological polar surface area (TPSA) is 44.5 Å². The molecule has 0 spiro atoms. The molecule has 0 saturated carbocycles. The van der Waals surface area contributed by atoms with Crippen LogP contribution < -0.4 is 15.2 Å². The molecule has 0 heterocycles. The van der Waals surface area contributed by atoms with Gasteiger partial charge in [0.05, 0.1) is 13.7 Å². The van der Waals surface area contributed by atoms with Crippen molar-refractivity contribution in [1.29, 1.82) is 0 Å². The van der Waals surface area contributed by atoms with Crippen LogP contribution in [-0.4, -0.2) is 19.3 Å². The minimum absolute atomic E-state index is 0.357. The van der Waals surface area contributed by atoms with Crippen LogP contribution in [0.3, 0.4) is 0 Å². The molecule has 3 heteroatoms. The summed E-state index contributed by atoms with van der Waals surface area (Å²) >= 11 is 0. The van der Waals surface area contributed by atoms with Gasteiger partial charge in [-0.15, -0.1) is 19.7 Å². The Balaban J connectivity index is 2.80. The van der Waals surface area contributed by atoms with Crippen LogP contribution in [0.4, 0.5) is 0 Å². The average molecular weight is 301 g/mol. The number of hydrogen-bond acceptors (Lipinski definition) is 3. The zero-order valence-electron chi connectivity index (χ0n) is 13.5. The highest BCUT2D eigenvalue weighted by molar-refractivity contribution is 5.47. The molecular weight excluding hydrogens is 274 g/mol. The standard InChI is InChI=1S/C19H27NO2/c1-5-9-16-10-8-11-17(21-4)18(16)22-15-14-19(20,12-6-2)13-7-3/h5-8,10-11H,1-3,9,12-15,20H2,4H3. The van der Waals surface area contributed by atoms with Crippen molar-refractivity contribution in [3.8, 4) is 11.5 Å². The van der Waals surface area contributed by atoms with E-state index in [1.54, 1.807) is 7.11 Å². The van der Waals surface area contributed by atoms with Crippen molar-refractivity contribution in [1.82, 2.24) is 0 Å². The summed E-state index contributed by atoms with van der Waals surface area (Å²) in [6.07, 6.45) is 8.45. The van der Waals surface area contributed by atoms with Gasteiger partial charge in [-0.1, -0.05) is 30.4 Å². The van der Waals surface area contributed by atoms with E-state index in [1.165, 1.54) is 0 Å². The Bertz CT molecular complexity index is 498. The molecule has 22 heavy (non-hydrogen) atoms. The lowest BCUT2D eigenvalue weighted by molar-refractivity contribution is 0.245. The SMILES string of the molecule is C=CCc1cccc(OC)c1OCCC(N)(CC=C)CC=C. The number of benzene rings is 1. The molecule has 0 amide bonds. The van der Waals surface area contributed by atoms with Gasteiger partial charge < -0.3 is 15.2 Å². The quantitative estimate of drug-likeness (QED) is 0.627. The van der Waals surface area contributed by atoms with Crippen LogP contribution >= 0.6 is 0 Å². The van der Waals surface area contributed by atoms with Gasteiger partial charge in [0.1, 0.15) is 0 Å². The fourth-order valence-electron chi connectivity index (χ4n) is 2.42. The van der Waals surface area contributed by atoms with E-state index in [-0.39, 0.29) is 5.54 Å². The maximum Gasteiger partial charge on any atom is 0.164 e. The number of ether oxygens (including phenoxy) is 2. The minimum Gasteiger partial charge on any atom is -0.493 e. The van der Waals surface area contributed by atoms with Crippen molar-refractivity contribution >= 4 is 0 Å². The lowest BCUT2D eigenvalue weighted by Gasteiger charge is -2.27. The second-order valence-corrected chi connectivity index (χ2v) is 5.39. The van der Waals surface area contributed by atoms with Gasteiger partial charge in [0, 0.05) is 17.5 Å². The molecule has 120 valence electrons. The molecule has 0 unspecified atom stereocenters. The van der Waals surface area contributed by atoms with E-state index in [1.807, 2.05) is 36.4 Å². The summed E-state index contributed by atoms with van der Waals surface area (Å²) in [6, 6.07) is 5.86. The van der Waals surface area contributed by atoms with Crippen LogP contribution in [0.1, 0.15) is 24.8 Å². The molecule has 0 aromatic heterocycles. The summed E-state index contributed by atoms with van der Waals surface area (Å²) in [4.78, 5) is 0. The molecule has 0 atom stereocenters. The summed E-state index contributed by atoms with van der Waals surface area (Å²) < 4.78 is 11.4. The molecule has 0 aliphatic heterocycles. The van der Waals surface area contributed by atoms with E-state index in [9.17, 15) is 0 Å². The molecular formula is C19H27NO2. The molecule has 1 aromatic rings. The van der Waals surface area contributed by atoms with E-state index < -0.39 is 0 Å². The van der Waals surface area contributed by atoms with Crippen LogP contribution in [0.5, 0.6) is 11.5 Å². The summed E-state index contributed by atoms with van der Waals surface area (Å²) in [5.74, 6) is 1.50. The third-order valence-corrected chi connectivity index (χ3v) is 3.59. The zero-order valence-corrected chi connectivity index (χ0v) is 13.5. The summed E-state index contributed by atoms with van der Waals surface area (Å²) in [5, 5.41) is 0. The first kappa shape index (κ1) is 18.1. The molecule has 3 nitrogen and oxygen atoms in total. The normalized spacial score (nSPS) is 10.8. The predicted molar refractivity (Wildman–Crippen MR) is 93.6 cm³/mol. The molecule has 0 fully saturated rings. The highest BCUT2D eigenvalue weighted by atomic mass is 16.5. The second kappa shape index (κ2) is 9.11. The highest BCUT2D eigenvalue weighted by Gasteiger charge is 2.22. The molecule has 0 bridgehead atoms. The number of methoxy groups -OCH3 is 1. The Kier molecular flexibility index (Phi) is 7.47. The van der Waals surface area contributed by atoms with Gasteiger partial charge >= 0.3 is 0 Å². The lowest BCUT2D eigenvalue weighted by Crippen LogP contribution is -2.40. The minimum atomic E-state index is -0.357. The van der Waals surface area contributed by atoms with Crippen molar-refractivity contribution in [2.45, 2.75) is 31.2 Å². The molecule has 2 N–H and O–H groups in total. The van der Waals surface area contributed by atoms with Crippen LogP contribution in [0, 0.1) is 0 Å². The number of nitrogens with two attached hydrogens (primary N) is 1. The van der Waals surface area contributed by atoms with Gasteiger partial charge in [-0.2, -0.15) is 0 Å². The van der Waals surface area contributed by atoms with Crippen molar-refractivity contribution in [2.75, 3.05) is 13.7 Å². The van der Waals surface area contributed by atoms with E-state index in [4.69, 9.17) is 15.2 Å². The first-order chi connectivity index (χ1) is 10.6. The maximum absolute atomic E-state index is 6.38. The van der Waals surface area contributed by atoms with Gasteiger partial charge in [-0.05, 0) is 25.3 Å². The first-order valence-electron chi connectivity index (χ1n) is 7.50. The lowest BCUT2D eigenvalue weighted by atomic mass is 9.89. The number of hydrogen-bond donors (Lipinski definition) is 1. The first-order valence-corrected chi connectivity index (χ1v) is 7.50. The average Bonchev–Trinajstić information content (AvgIpc) is 2.49. The van der Waals surface area contributed by atoms with E-state index in [2.05, 4.69) is 19.7 Å². The van der Waals surface area contributed by atoms with E-state index in [0.717, 1.165) is 42.7 Å². The van der Waals surface area contributed by atoms with Crippen LogP contribution in [0.15, 0.2) is 56.2 Å². The van der Waals surface area contributed by atoms with Crippen LogP contribution in [-0.2, 0) is 6.42 Å². The smallest absolute Gasteiger partial charge is 0.164 e. The Labute approximate surface area is 134 Å². The summed E-state index contributed by atoms with van der Waals surface area (Å²) in [7, 11) is 1.64. The molecule has 1 rings (SSSR count).